The summed E-state index contributed by atoms with van der Waals surface area (Å²) < 4.78 is 0. The molecular weight excluding hydrogens is 284 g/mol. The van der Waals surface area contributed by atoms with Crippen LogP contribution in [0.4, 0.5) is 5.69 Å². The first kappa shape index (κ1) is 15.5. The minimum Gasteiger partial charge on any atom is -0.323 e. The Balaban J connectivity index is 1.95. The fourth-order valence-corrected chi connectivity index (χ4v) is 2.28. The van der Waals surface area contributed by atoms with Crippen LogP contribution in [0.1, 0.15) is 25.5 Å². The topological polar surface area (TPSA) is 41.1 Å². The van der Waals surface area contributed by atoms with Gasteiger partial charge in [0.2, 0.25) is 5.91 Å². The number of anilines is 1. The van der Waals surface area contributed by atoms with E-state index in [9.17, 15) is 4.79 Å². The maximum atomic E-state index is 12.2. The molecule has 2 rings (SSSR count). The number of amides is 1. The molecule has 0 spiro atoms. The third kappa shape index (κ3) is 4.31. The molecular formula is C17H19ClN2O. The summed E-state index contributed by atoms with van der Waals surface area (Å²) in [6, 6.07) is 17.0. The number of benzene rings is 2. The van der Waals surface area contributed by atoms with Gasteiger partial charge in [-0.3, -0.25) is 10.1 Å². The van der Waals surface area contributed by atoms with Gasteiger partial charge in [0.15, 0.2) is 0 Å². The van der Waals surface area contributed by atoms with Crippen LogP contribution in [0, 0.1) is 0 Å². The number of hydrogen-bond acceptors (Lipinski definition) is 2. The Kier molecular flexibility index (Phi) is 5.37. The summed E-state index contributed by atoms with van der Waals surface area (Å²) in [6.45, 7) is 3.88. The highest BCUT2D eigenvalue weighted by molar-refractivity contribution is 6.33. The summed E-state index contributed by atoms with van der Waals surface area (Å²) in [5.41, 5.74) is 1.78. The fourth-order valence-electron chi connectivity index (χ4n) is 2.09. The molecule has 0 fully saturated rings. The number of nitrogens with one attached hydrogen (secondary N) is 2. The third-order valence-corrected chi connectivity index (χ3v) is 3.65. The molecule has 0 aliphatic carbocycles. The molecule has 0 unspecified atom stereocenters. The molecule has 2 aromatic carbocycles. The molecule has 4 heteroatoms. The smallest absolute Gasteiger partial charge is 0.241 e. The number of halogens is 1. The molecule has 0 saturated heterocycles. The lowest BCUT2D eigenvalue weighted by Crippen LogP contribution is -2.39. The van der Waals surface area contributed by atoms with Crippen LogP contribution in [0.3, 0.4) is 0 Å². The van der Waals surface area contributed by atoms with Crippen molar-refractivity contribution in [1.29, 1.82) is 0 Å². The first-order valence-electron chi connectivity index (χ1n) is 6.94. The Bertz CT molecular complexity index is 601. The molecule has 0 radical (unpaired) electrons. The van der Waals surface area contributed by atoms with E-state index in [1.54, 1.807) is 12.1 Å². The van der Waals surface area contributed by atoms with Crippen LogP contribution >= 0.6 is 11.6 Å². The molecule has 2 atom stereocenters. The van der Waals surface area contributed by atoms with Crippen molar-refractivity contribution in [2.75, 3.05) is 5.32 Å². The molecule has 0 saturated carbocycles. The average molecular weight is 303 g/mol. The van der Waals surface area contributed by atoms with Crippen LogP contribution in [0.5, 0.6) is 0 Å². The van der Waals surface area contributed by atoms with Gasteiger partial charge in [0.05, 0.1) is 16.8 Å². The molecule has 0 heterocycles. The van der Waals surface area contributed by atoms with Crippen LogP contribution in [0.15, 0.2) is 54.6 Å². The zero-order chi connectivity index (χ0) is 15.2. The second kappa shape index (κ2) is 7.25. The maximum absolute atomic E-state index is 12.2. The summed E-state index contributed by atoms with van der Waals surface area (Å²) in [7, 11) is 0. The van der Waals surface area contributed by atoms with Gasteiger partial charge in [0.25, 0.3) is 0 Å². The van der Waals surface area contributed by atoms with Crippen molar-refractivity contribution in [3.63, 3.8) is 0 Å². The third-order valence-electron chi connectivity index (χ3n) is 3.32. The van der Waals surface area contributed by atoms with Gasteiger partial charge in [-0.2, -0.15) is 0 Å². The molecule has 2 aromatic rings. The van der Waals surface area contributed by atoms with Crippen LogP contribution in [-0.2, 0) is 4.79 Å². The second-order valence-corrected chi connectivity index (χ2v) is 5.40. The van der Waals surface area contributed by atoms with E-state index < -0.39 is 0 Å². The lowest BCUT2D eigenvalue weighted by Gasteiger charge is -2.20. The quantitative estimate of drug-likeness (QED) is 0.876. The molecule has 3 nitrogen and oxygen atoms in total. The summed E-state index contributed by atoms with van der Waals surface area (Å²) in [5.74, 6) is -0.106. The van der Waals surface area contributed by atoms with E-state index >= 15 is 0 Å². The highest BCUT2D eigenvalue weighted by Gasteiger charge is 2.16. The number of hydrogen-bond donors (Lipinski definition) is 2. The van der Waals surface area contributed by atoms with Crippen molar-refractivity contribution in [2.45, 2.75) is 25.9 Å². The Morgan fingerprint density at radius 1 is 1.00 bits per heavy atom. The van der Waals surface area contributed by atoms with E-state index in [2.05, 4.69) is 10.6 Å². The molecule has 0 aliphatic rings. The zero-order valence-electron chi connectivity index (χ0n) is 12.1. The normalized spacial score (nSPS) is 13.5. The number of carbonyl (C=O) groups is 1. The predicted octanol–water partition coefficient (Wildman–Crippen LogP) is 4.02. The van der Waals surface area contributed by atoms with Crippen LogP contribution in [0.2, 0.25) is 5.02 Å². The van der Waals surface area contributed by atoms with Gasteiger partial charge < -0.3 is 5.32 Å². The van der Waals surface area contributed by atoms with Crippen molar-refractivity contribution in [2.24, 2.45) is 0 Å². The standard InChI is InChI=1S/C17H19ClN2O/c1-12(14-8-4-3-5-9-14)19-13(2)17(21)20-16-11-7-6-10-15(16)18/h3-13,19H,1-2H3,(H,20,21)/t12-,13-/m0/s1. The van der Waals surface area contributed by atoms with Crippen molar-refractivity contribution >= 4 is 23.2 Å². The summed E-state index contributed by atoms with van der Waals surface area (Å²) >= 11 is 6.04. The van der Waals surface area contributed by atoms with E-state index in [1.165, 1.54) is 0 Å². The lowest BCUT2D eigenvalue weighted by molar-refractivity contribution is -0.117. The Labute approximate surface area is 130 Å². The minimum atomic E-state index is -0.323. The van der Waals surface area contributed by atoms with Gasteiger partial charge in [-0.05, 0) is 31.5 Å². The van der Waals surface area contributed by atoms with Crippen molar-refractivity contribution < 1.29 is 4.79 Å². The van der Waals surface area contributed by atoms with Crippen molar-refractivity contribution in [3.05, 3.63) is 65.2 Å². The summed E-state index contributed by atoms with van der Waals surface area (Å²) in [6.07, 6.45) is 0. The molecule has 21 heavy (non-hydrogen) atoms. The second-order valence-electron chi connectivity index (χ2n) is 4.99. The Hall–Kier alpha value is -1.84. The van der Waals surface area contributed by atoms with E-state index in [4.69, 9.17) is 11.6 Å². The molecule has 0 aromatic heterocycles. The van der Waals surface area contributed by atoms with Crippen LogP contribution < -0.4 is 10.6 Å². The predicted molar refractivity (Wildman–Crippen MR) is 87.5 cm³/mol. The number of rotatable bonds is 5. The highest BCUT2D eigenvalue weighted by atomic mass is 35.5. The molecule has 0 aliphatic heterocycles. The van der Waals surface area contributed by atoms with Crippen molar-refractivity contribution in [1.82, 2.24) is 5.32 Å². The van der Waals surface area contributed by atoms with Gasteiger partial charge in [0, 0.05) is 6.04 Å². The number of carbonyl (C=O) groups excluding carboxylic acids is 1. The van der Waals surface area contributed by atoms with Gasteiger partial charge in [-0.1, -0.05) is 54.1 Å². The minimum absolute atomic E-state index is 0.0956. The molecule has 0 bridgehead atoms. The number of para-hydroxylation sites is 1. The van der Waals surface area contributed by atoms with E-state index in [0.29, 0.717) is 10.7 Å². The van der Waals surface area contributed by atoms with E-state index in [-0.39, 0.29) is 18.0 Å². The Morgan fingerprint density at radius 3 is 2.29 bits per heavy atom. The average Bonchev–Trinajstić information content (AvgIpc) is 2.50. The monoisotopic (exact) mass is 302 g/mol. The first-order valence-corrected chi connectivity index (χ1v) is 7.32. The van der Waals surface area contributed by atoms with Crippen LogP contribution in [-0.4, -0.2) is 11.9 Å². The summed E-state index contributed by atoms with van der Waals surface area (Å²) in [5, 5.41) is 6.65. The van der Waals surface area contributed by atoms with Gasteiger partial charge >= 0.3 is 0 Å². The van der Waals surface area contributed by atoms with Gasteiger partial charge in [-0.25, -0.2) is 0 Å². The fraction of sp³-hybridized carbons (Fsp3) is 0.235. The van der Waals surface area contributed by atoms with E-state index in [0.717, 1.165) is 5.56 Å². The Morgan fingerprint density at radius 2 is 1.62 bits per heavy atom. The molecule has 2 N–H and O–H groups in total. The van der Waals surface area contributed by atoms with Gasteiger partial charge in [0.1, 0.15) is 0 Å². The summed E-state index contributed by atoms with van der Waals surface area (Å²) in [4.78, 5) is 12.2. The largest absolute Gasteiger partial charge is 0.323 e. The van der Waals surface area contributed by atoms with Gasteiger partial charge in [-0.15, -0.1) is 0 Å². The lowest BCUT2D eigenvalue weighted by atomic mass is 10.1. The van der Waals surface area contributed by atoms with Crippen molar-refractivity contribution in [3.8, 4) is 0 Å². The van der Waals surface area contributed by atoms with Crippen LogP contribution in [0.25, 0.3) is 0 Å². The highest BCUT2D eigenvalue weighted by Crippen LogP contribution is 2.20. The first-order chi connectivity index (χ1) is 10.1. The molecule has 1 amide bonds. The SMILES string of the molecule is C[C@H](N[C@@H](C)c1ccccc1)C(=O)Nc1ccccc1Cl. The van der Waals surface area contributed by atoms with E-state index in [1.807, 2.05) is 56.3 Å². The zero-order valence-corrected chi connectivity index (χ0v) is 12.9. The molecule has 110 valence electrons. The maximum Gasteiger partial charge on any atom is 0.241 e.